The highest BCUT2D eigenvalue weighted by Crippen LogP contribution is 2.12. The fourth-order valence-electron chi connectivity index (χ4n) is 3.14. The summed E-state index contributed by atoms with van der Waals surface area (Å²) in [4.78, 5) is 35.9. The second-order valence-corrected chi connectivity index (χ2v) is 6.98. The molecule has 0 aliphatic heterocycles. The topological polar surface area (TPSA) is 87.7 Å². The number of para-hydroxylation sites is 1. The maximum atomic E-state index is 12.3. The Balaban J connectivity index is 1.33. The van der Waals surface area contributed by atoms with Gasteiger partial charge in [-0.05, 0) is 54.8 Å². The zero-order valence-corrected chi connectivity index (χ0v) is 16.8. The van der Waals surface area contributed by atoms with Gasteiger partial charge < -0.3 is 10.3 Å². The summed E-state index contributed by atoms with van der Waals surface area (Å²) in [6.45, 7) is 0. The predicted molar refractivity (Wildman–Crippen MR) is 121 cm³/mol. The van der Waals surface area contributed by atoms with Gasteiger partial charge in [-0.25, -0.2) is 9.97 Å². The lowest BCUT2D eigenvalue weighted by Crippen LogP contribution is -2.14. The smallest absolute Gasteiger partial charge is 0.258 e. The Morgan fingerprint density at radius 3 is 2.74 bits per heavy atom. The molecule has 0 saturated carbocycles. The molecule has 0 fully saturated rings. The molecule has 0 bridgehead atoms. The maximum absolute atomic E-state index is 12.3. The van der Waals surface area contributed by atoms with Gasteiger partial charge in [0.05, 0.1) is 10.9 Å². The van der Waals surface area contributed by atoms with E-state index in [9.17, 15) is 9.59 Å². The van der Waals surface area contributed by atoms with Crippen molar-refractivity contribution >= 4 is 22.5 Å². The Hall–Kier alpha value is -4.24. The van der Waals surface area contributed by atoms with Gasteiger partial charge in [0.15, 0.2) is 0 Å². The molecule has 0 unspecified atom stereocenters. The molecule has 0 saturated heterocycles. The molecule has 0 radical (unpaired) electrons. The van der Waals surface area contributed by atoms with Crippen molar-refractivity contribution in [3.8, 4) is 11.8 Å². The van der Waals surface area contributed by atoms with Crippen molar-refractivity contribution < 1.29 is 4.79 Å². The Bertz CT molecular complexity index is 1330. The summed E-state index contributed by atoms with van der Waals surface area (Å²) in [6.07, 6.45) is 3.11. The lowest BCUT2D eigenvalue weighted by atomic mass is 10.1. The normalized spacial score (nSPS) is 10.3. The van der Waals surface area contributed by atoms with Crippen LogP contribution >= 0.6 is 0 Å². The van der Waals surface area contributed by atoms with Crippen LogP contribution in [0.15, 0.2) is 77.7 Å². The SMILES string of the molecule is O=C(CCCc1nc2ccccc2c(=O)[nH]1)Nc1cccc(C#Cc2ccccn2)c1. The minimum atomic E-state index is -0.159. The van der Waals surface area contributed by atoms with E-state index < -0.39 is 0 Å². The Morgan fingerprint density at radius 2 is 1.87 bits per heavy atom. The third kappa shape index (κ3) is 5.43. The molecule has 2 N–H and O–H groups in total. The zero-order chi connectivity index (χ0) is 21.5. The molecular formula is C25H20N4O2. The molecule has 2 aromatic carbocycles. The number of fused-ring (bicyclic) bond motifs is 1. The Morgan fingerprint density at radius 1 is 1.00 bits per heavy atom. The Kier molecular flexibility index (Phi) is 6.15. The first-order valence-electron chi connectivity index (χ1n) is 9.98. The molecule has 4 aromatic rings. The molecule has 6 nitrogen and oxygen atoms in total. The van der Waals surface area contributed by atoms with Gasteiger partial charge in [-0.15, -0.1) is 0 Å². The van der Waals surface area contributed by atoms with E-state index in [1.165, 1.54) is 0 Å². The number of carbonyl (C=O) groups is 1. The largest absolute Gasteiger partial charge is 0.326 e. The molecular weight excluding hydrogens is 388 g/mol. The van der Waals surface area contributed by atoms with Crippen molar-refractivity contribution in [2.24, 2.45) is 0 Å². The summed E-state index contributed by atoms with van der Waals surface area (Å²) in [5.41, 5.74) is 2.68. The van der Waals surface area contributed by atoms with E-state index in [-0.39, 0.29) is 11.5 Å². The number of rotatable bonds is 5. The quantitative estimate of drug-likeness (QED) is 0.493. The first-order valence-corrected chi connectivity index (χ1v) is 9.98. The van der Waals surface area contributed by atoms with Gasteiger partial charge in [0.1, 0.15) is 11.5 Å². The highest BCUT2D eigenvalue weighted by atomic mass is 16.1. The van der Waals surface area contributed by atoms with E-state index in [4.69, 9.17) is 0 Å². The number of amides is 1. The van der Waals surface area contributed by atoms with Crippen LogP contribution in [0.4, 0.5) is 5.69 Å². The summed E-state index contributed by atoms with van der Waals surface area (Å²) in [5.74, 6) is 6.54. The number of carbonyl (C=O) groups excluding carboxylic acids is 1. The summed E-state index contributed by atoms with van der Waals surface area (Å²) >= 11 is 0. The number of anilines is 1. The van der Waals surface area contributed by atoms with Crippen LogP contribution in [0.25, 0.3) is 10.9 Å². The number of nitrogens with one attached hydrogen (secondary N) is 2. The molecule has 6 heteroatoms. The minimum Gasteiger partial charge on any atom is -0.326 e. The van der Waals surface area contributed by atoms with Gasteiger partial charge in [0.25, 0.3) is 5.56 Å². The van der Waals surface area contributed by atoms with E-state index in [0.717, 1.165) is 5.56 Å². The van der Waals surface area contributed by atoms with Gasteiger partial charge in [0, 0.05) is 30.3 Å². The van der Waals surface area contributed by atoms with E-state index in [1.54, 1.807) is 12.3 Å². The van der Waals surface area contributed by atoms with Gasteiger partial charge >= 0.3 is 0 Å². The molecule has 2 aromatic heterocycles. The maximum Gasteiger partial charge on any atom is 0.258 e. The van der Waals surface area contributed by atoms with Gasteiger partial charge in [-0.1, -0.05) is 30.2 Å². The second-order valence-electron chi connectivity index (χ2n) is 6.98. The number of H-pyrrole nitrogens is 1. The molecule has 1 amide bonds. The molecule has 152 valence electrons. The van der Waals surface area contributed by atoms with Gasteiger partial charge in [0.2, 0.25) is 5.91 Å². The number of aromatic nitrogens is 3. The van der Waals surface area contributed by atoms with E-state index in [0.29, 0.717) is 47.4 Å². The van der Waals surface area contributed by atoms with Crippen LogP contribution in [-0.4, -0.2) is 20.9 Å². The predicted octanol–water partition coefficient (Wildman–Crippen LogP) is 3.68. The average molecular weight is 408 g/mol. The van der Waals surface area contributed by atoms with Crippen molar-refractivity contribution in [3.05, 3.63) is 100 Å². The van der Waals surface area contributed by atoms with Crippen LogP contribution < -0.4 is 10.9 Å². The van der Waals surface area contributed by atoms with Crippen molar-refractivity contribution in [2.45, 2.75) is 19.3 Å². The van der Waals surface area contributed by atoms with Crippen LogP contribution in [0.1, 0.15) is 29.9 Å². The molecule has 0 spiro atoms. The van der Waals surface area contributed by atoms with Crippen LogP contribution in [0, 0.1) is 11.8 Å². The first-order chi connectivity index (χ1) is 15.2. The summed E-state index contributed by atoms with van der Waals surface area (Å²) in [5, 5.41) is 3.46. The van der Waals surface area contributed by atoms with Gasteiger partial charge in [-0.2, -0.15) is 0 Å². The van der Waals surface area contributed by atoms with Crippen LogP contribution in [0.2, 0.25) is 0 Å². The van der Waals surface area contributed by atoms with E-state index >= 15 is 0 Å². The van der Waals surface area contributed by atoms with Crippen molar-refractivity contribution in [3.63, 3.8) is 0 Å². The molecule has 31 heavy (non-hydrogen) atoms. The third-order valence-corrected chi connectivity index (χ3v) is 4.63. The molecule has 4 rings (SSSR count). The second kappa shape index (κ2) is 9.51. The monoisotopic (exact) mass is 408 g/mol. The lowest BCUT2D eigenvalue weighted by molar-refractivity contribution is -0.116. The number of aromatic amines is 1. The number of nitrogens with zero attached hydrogens (tertiary/aromatic N) is 2. The average Bonchev–Trinajstić information content (AvgIpc) is 2.79. The first kappa shape index (κ1) is 20.0. The van der Waals surface area contributed by atoms with Crippen molar-refractivity contribution in [1.29, 1.82) is 0 Å². The molecule has 0 aliphatic carbocycles. The van der Waals surface area contributed by atoms with Crippen molar-refractivity contribution in [1.82, 2.24) is 15.0 Å². The minimum absolute atomic E-state index is 0.0991. The number of hydrogen-bond acceptors (Lipinski definition) is 4. The molecule has 0 atom stereocenters. The number of pyridine rings is 1. The highest BCUT2D eigenvalue weighted by molar-refractivity contribution is 5.90. The number of benzene rings is 2. The summed E-state index contributed by atoms with van der Waals surface area (Å²) in [7, 11) is 0. The zero-order valence-electron chi connectivity index (χ0n) is 16.8. The fourth-order valence-corrected chi connectivity index (χ4v) is 3.14. The fraction of sp³-hybridized carbons (Fsp3) is 0.120. The third-order valence-electron chi connectivity index (χ3n) is 4.63. The van der Waals surface area contributed by atoms with Crippen LogP contribution in [0.5, 0.6) is 0 Å². The van der Waals surface area contributed by atoms with Crippen molar-refractivity contribution in [2.75, 3.05) is 5.32 Å². The standard InChI is InChI=1S/C25H20N4O2/c30-24(13-6-12-23-28-22-11-2-1-10-21(22)25(31)29-23)27-20-9-5-7-18(17-20)14-15-19-8-3-4-16-26-19/h1-5,7-11,16-17H,6,12-13H2,(H,27,30)(H,28,29,31). The van der Waals surface area contributed by atoms with Crippen LogP contribution in [0.3, 0.4) is 0 Å². The van der Waals surface area contributed by atoms with Crippen LogP contribution in [-0.2, 0) is 11.2 Å². The highest BCUT2D eigenvalue weighted by Gasteiger charge is 2.06. The summed E-state index contributed by atoms with van der Waals surface area (Å²) < 4.78 is 0. The number of aryl methyl sites for hydroxylation is 1. The number of hydrogen-bond donors (Lipinski definition) is 2. The molecule has 0 aliphatic rings. The van der Waals surface area contributed by atoms with Gasteiger partial charge in [-0.3, -0.25) is 9.59 Å². The lowest BCUT2D eigenvalue weighted by Gasteiger charge is -2.06. The summed E-state index contributed by atoms with van der Waals surface area (Å²) in [6, 6.07) is 20.2. The Labute approximate surface area is 179 Å². The van der Waals surface area contributed by atoms with E-state index in [1.807, 2.05) is 60.7 Å². The molecule has 2 heterocycles. The van der Waals surface area contributed by atoms with E-state index in [2.05, 4.69) is 32.1 Å².